The van der Waals surface area contributed by atoms with Gasteiger partial charge in [0.05, 0.1) is 27.6 Å². The molecule has 3 aromatic rings. The average molecular weight is 523 g/mol. The Balaban J connectivity index is 1.68. The number of hydrogen-bond donors (Lipinski definition) is 3. The fraction of sp³-hybridized carbons (Fsp3) is 0.308. The van der Waals surface area contributed by atoms with Crippen molar-refractivity contribution in [1.29, 1.82) is 0 Å². The molecule has 0 bridgehead atoms. The molecular weight excluding hydrogens is 492 g/mol. The van der Waals surface area contributed by atoms with E-state index in [-0.39, 0.29) is 23.8 Å². The van der Waals surface area contributed by atoms with Crippen LogP contribution >= 0.6 is 0 Å². The van der Waals surface area contributed by atoms with Gasteiger partial charge in [0.1, 0.15) is 5.69 Å². The molecule has 194 valence electrons. The molecule has 2 heterocycles. The zero-order valence-corrected chi connectivity index (χ0v) is 21.8. The molecule has 0 spiro atoms. The van der Waals surface area contributed by atoms with Crippen LogP contribution in [0.5, 0.6) is 0 Å². The quantitative estimate of drug-likeness (QED) is 0.289. The molecule has 0 saturated carbocycles. The number of pyridine rings is 1. The molecule has 11 heteroatoms. The van der Waals surface area contributed by atoms with Crippen LogP contribution in [-0.2, 0) is 16.8 Å². The first-order chi connectivity index (χ1) is 17.7. The molecule has 0 aliphatic carbocycles. The molecule has 3 rings (SSSR count). The summed E-state index contributed by atoms with van der Waals surface area (Å²) in [6.07, 6.45) is 4.91. The summed E-state index contributed by atoms with van der Waals surface area (Å²) in [5, 5.41) is 18.8. The molecule has 0 radical (unpaired) electrons. The van der Waals surface area contributed by atoms with E-state index in [0.29, 0.717) is 42.0 Å². The van der Waals surface area contributed by atoms with Crippen LogP contribution in [0.25, 0.3) is 0 Å². The van der Waals surface area contributed by atoms with Crippen molar-refractivity contribution in [3.63, 3.8) is 0 Å². The van der Waals surface area contributed by atoms with Crippen LogP contribution < -0.4 is 10.6 Å². The lowest BCUT2D eigenvalue weighted by Gasteiger charge is -2.05. The highest BCUT2D eigenvalue weighted by molar-refractivity contribution is 7.93. The zero-order valence-electron chi connectivity index (χ0n) is 21.0. The Morgan fingerprint density at radius 2 is 1.92 bits per heavy atom. The minimum absolute atomic E-state index is 0.0322. The maximum absolute atomic E-state index is 12.7. The van der Waals surface area contributed by atoms with E-state index in [1.165, 1.54) is 23.3 Å². The van der Waals surface area contributed by atoms with Gasteiger partial charge in [-0.25, -0.2) is 4.21 Å². The van der Waals surface area contributed by atoms with Crippen LogP contribution in [0.2, 0.25) is 0 Å². The molecule has 3 N–H and O–H groups in total. The number of rotatable bonds is 9. The second-order valence-electron chi connectivity index (χ2n) is 8.43. The van der Waals surface area contributed by atoms with Gasteiger partial charge in [-0.2, -0.15) is 9.46 Å². The molecular formula is C26H30N6O4S. The molecule has 10 nitrogen and oxygen atoms in total. The third-order valence-corrected chi connectivity index (χ3v) is 6.73. The molecule has 2 amide bonds. The van der Waals surface area contributed by atoms with E-state index in [0.717, 1.165) is 5.69 Å². The number of aliphatic hydroxyl groups excluding tert-OH is 1. The highest BCUT2D eigenvalue weighted by atomic mass is 32.2. The van der Waals surface area contributed by atoms with Crippen LogP contribution in [0.15, 0.2) is 53.2 Å². The number of anilines is 1. The normalized spacial score (nSPS) is 12.2. The van der Waals surface area contributed by atoms with E-state index >= 15 is 0 Å². The molecule has 0 saturated heterocycles. The van der Waals surface area contributed by atoms with E-state index in [1.807, 2.05) is 6.92 Å². The van der Waals surface area contributed by atoms with Crippen LogP contribution in [0.1, 0.15) is 44.1 Å². The molecule has 0 aliphatic rings. The first-order valence-electron chi connectivity index (χ1n) is 11.6. The van der Waals surface area contributed by atoms with Crippen molar-refractivity contribution in [2.75, 3.05) is 37.0 Å². The van der Waals surface area contributed by atoms with Gasteiger partial charge < -0.3 is 15.7 Å². The third kappa shape index (κ3) is 8.64. The Morgan fingerprint density at radius 3 is 2.65 bits per heavy atom. The highest BCUT2D eigenvalue weighted by Crippen LogP contribution is 2.13. The number of nitrogens with zero attached hydrogens (tertiary/aromatic N) is 4. The molecule has 0 fully saturated rings. The smallest absolute Gasteiger partial charge is 0.286 e. The second-order valence-corrected chi connectivity index (χ2v) is 10.9. The fourth-order valence-corrected chi connectivity index (χ4v) is 4.63. The van der Waals surface area contributed by atoms with Gasteiger partial charge in [-0.1, -0.05) is 17.9 Å². The highest BCUT2D eigenvalue weighted by Gasteiger charge is 2.12. The maximum atomic E-state index is 12.7. The molecule has 1 aromatic carbocycles. The zero-order chi connectivity index (χ0) is 26.8. The number of aromatic nitrogens is 3. The van der Waals surface area contributed by atoms with E-state index in [2.05, 4.69) is 36.9 Å². The van der Waals surface area contributed by atoms with Gasteiger partial charge in [0.2, 0.25) is 0 Å². The summed E-state index contributed by atoms with van der Waals surface area (Å²) in [7, 11) is -0.992. The minimum atomic E-state index is -2.70. The van der Waals surface area contributed by atoms with Crippen LogP contribution in [-0.4, -0.2) is 67.6 Å². The van der Waals surface area contributed by atoms with Crippen molar-refractivity contribution >= 4 is 27.2 Å². The topological polar surface area (TPSA) is 139 Å². The van der Waals surface area contributed by atoms with Crippen LogP contribution in [0.4, 0.5) is 5.69 Å². The Labute approximate surface area is 216 Å². The Hall–Kier alpha value is -3.85. The number of hydrogen-bond acceptors (Lipinski definition) is 7. The van der Waals surface area contributed by atoms with Gasteiger partial charge in [-0.15, -0.1) is 0 Å². The number of amides is 2. The van der Waals surface area contributed by atoms with Crippen molar-refractivity contribution in [3.05, 3.63) is 76.9 Å². The predicted molar refractivity (Wildman–Crippen MR) is 143 cm³/mol. The van der Waals surface area contributed by atoms with Crippen molar-refractivity contribution in [3.8, 4) is 11.8 Å². The Kier molecular flexibility index (Phi) is 9.68. The standard InChI is InChI=1S/C26H30N6O4S/c1-19-14-24(32(2)30-19)26(35)29-23-7-4-6-20(16-23)8-9-21-15-22(18-28-17-21)25(34)31-37(3,36)13-5-10-27-11-12-33/h4,6-7,14-18,27,33H,5,10-13H2,1-3H3,(H,29,35)/t37-/m1/s1. The summed E-state index contributed by atoms with van der Waals surface area (Å²) in [5.74, 6) is 5.35. The average Bonchev–Trinajstić information content (AvgIpc) is 3.20. The number of nitrogens with one attached hydrogen (secondary N) is 2. The van der Waals surface area contributed by atoms with Gasteiger partial charge in [0, 0.05) is 54.8 Å². The van der Waals surface area contributed by atoms with Gasteiger partial charge in [-0.05, 0) is 50.2 Å². The lowest BCUT2D eigenvalue weighted by Crippen LogP contribution is -2.21. The Bertz CT molecular complexity index is 1460. The van der Waals surface area contributed by atoms with Crippen molar-refractivity contribution < 1.29 is 18.9 Å². The van der Waals surface area contributed by atoms with Gasteiger partial charge in [0.25, 0.3) is 11.8 Å². The van der Waals surface area contributed by atoms with Crippen LogP contribution in [0.3, 0.4) is 0 Å². The summed E-state index contributed by atoms with van der Waals surface area (Å²) in [6, 6.07) is 10.4. The lowest BCUT2D eigenvalue weighted by atomic mass is 10.1. The SMILES string of the molecule is Cc1cc(C(=O)Nc2cccc(C#Cc3cncc(C(=O)N=[S@](C)(=O)CCCNCCO)c3)c2)n(C)n1. The Morgan fingerprint density at radius 1 is 1.14 bits per heavy atom. The maximum Gasteiger partial charge on any atom is 0.286 e. The van der Waals surface area contributed by atoms with Crippen molar-refractivity contribution in [2.24, 2.45) is 11.4 Å². The lowest BCUT2D eigenvalue weighted by molar-refractivity contribution is 0.0999. The van der Waals surface area contributed by atoms with Crippen LogP contribution in [0, 0.1) is 18.8 Å². The molecule has 0 aliphatic heterocycles. The molecule has 0 unspecified atom stereocenters. The first-order valence-corrected chi connectivity index (χ1v) is 13.7. The largest absolute Gasteiger partial charge is 0.395 e. The van der Waals surface area contributed by atoms with Gasteiger partial charge >= 0.3 is 0 Å². The van der Waals surface area contributed by atoms with Crippen molar-refractivity contribution in [1.82, 2.24) is 20.1 Å². The van der Waals surface area contributed by atoms with E-state index in [1.54, 1.807) is 43.4 Å². The van der Waals surface area contributed by atoms with E-state index < -0.39 is 15.6 Å². The first kappa shape index (κ1) is 27.7. The summed E-state index contributed by atoms with van der Waals surface area (Å²) in [4.78, 5) is 29.2. The minimum Gasteiger partial charge on any atom is -0.395 e. The molecule has 1 atom stereocenters. The second kappa shape index (κ2) is 12.9. The third-order valence-electron chi connectivity index (χ3n) is 5.13. The van der Waals surface area contributed by atoms with E-state index in [9.17, 15) is 13.8 Å². The summed E-state index contributed by atoms with van der Waals surface area (Å²) < 4.78 is 18.1. The monoisotopic (exact) mass is 522 g/mol. The van der Waals surface area contributed by atoms with E-state index in [4.69, 9.17) is 5.11 Å². The number of benzene rings is 1. The van der Waals surface area contributed by atoms with Gasteiger partial charge in [0.15, 0.2) is 0 Å². The number of aliphatic hydroxyl groups is 1. The summed E-state index contributed by atoms with van der Waals surface area (Å²) in [5.41, 5.74) is 3.14. The number of carbonyl (C=O) groups is 2. The fourth-order valence-electron chi connectivity index (χ4n) is 3.41. The number of carbonyl (C=O) groups excluding carboxylic acids is 2. The molecule has 2 aromatic heterocycles. The molecule has 37 heavy (non-hydrogen) atoms. The summed E-state index contributed by atoms with van der Waals surface area (Å²) >= 11 is 0. The van der Waals surface area contributed by atoms with Crippen molar-refractivity contribution in [2.45, 2.75) is 13.3 Å². The number of aryl methyl sites for hydroxylation is 2. The predicted octanol–water partition coefficient (Wildman–Crippen LogP) is 1.99. The van der Waals surface area contributed by atoms with Gasteiger partial charge in [-0.3, -0.25) is 19.3 Å². The summed E-state index contributed by atoms with van der Waals surface area (Å²) in [6.45, 7) is 2.89.